The van der Waals surface area contributed by atoms with Crippen LogP contribution in [-0.4, -0.2) is 13.2 Å². The second-order valence-corrected chi connectivity index (χ2v) is 3.84. The van der Waals surface area contributed by atoms with Crippen molar-refractivity contribution >= 4 is 0 Å². The quantitative estimate of drug-likeness (QED) is 0.713. The third-order valence-corrected chi connectivity index (χ3v) is 2.62. The summed E-state index contributed by atoms with van der Waals surface area (Å²) >= 11 is 0. The fourth-order valence-electron chi connectivity index (χ4n) is 1.72. The van der Waals surface area contributed by atoms with Gasteiger partial charge in [0.15, 0.2) is 5.79 Å². The molecule has 6 heteroatoms. The van der Waals surface area contributed by atoms with Crippen LogP contribution >= 0.6 is 0 Å². The first-order valence-corrected chi connectivity index (χ1v) is 4.98. The van der Waals surface area contributed by atoms with E-state index in [-0.39, 0.29) is 18.8 Å². The lowest BCUT2D eigenvalue weighted by atomic mass is 10.0. The predicted molar refractivity (Wildman–Crippen MR) is 50.7 cm³/mol. The molecule has 1 aromatic carbocycles. The topological polar surface area (TPSA) is 18.5 Å². The van der Waals surface area contributed by atoms with Gasteiger partial charge in [0.2, 0.25) is 0 Å². The van der Waals surface area contributed by atoms with Crippen molar-refractivity contribution in [3.05, 3.63) is 35.1 Å². The van der Waals surface area contributed by atoms with Gasteiger partial charge in [-0.05, 0) is 25.1 Å². The number of halogens is 4. The fraction of sp³-hybridized carbons (Fsp3) is 0.455. The van der Waals surface area contributed by atoms with Crippen LogP contribution in [0.4, 0.5) is 17.6 Å². The summed E-state index contributed by atoms with van der Waals surface area (Å²) < 4.78 is 61.3. The first-order chi connectivity index (χ1) is 7.83. The lowest BCUT2D eigenvalue weighted by Crippen LogP contribution is -2.24. The number of ether oxygens (including phenoxy) is 2. The molecule has 0 atom stereocenters. The monoisotopic (exact) mass is 250 g/mol. The first kappa shape index (κ1) is 12.3. The van der Waals surface area contributed by atoms with Gasteiger partial charge in [0.1, 0.15) is 5.82 Å². The third-order valence-electron chi connectivity index (χ3n) is 2.62. The zero-order chi connectivity index (χ0) is 12.7. The Bertz CT molecular complexity index is 422. The molecule has 0 aromatic heterocycles. The molecule has 0 amide bonds. The Kier molecular flexibility index (Phi) is 2.87. The van der Waals surface area contributed by atoms with Gasteiger partial charge in [-0.25, -0.2) is 4.39 Å². The van der Waals surface area contributed by atoms with Crippen LogP contribution in [0.1, 0.15) is 18.1 Å². The molecule has 0 unspecified atom stereocenters. The summed E-state index contributed by atoms with van der Waals surface area (Å²) in [5.41, 5.74) is -1.15. The molecule has 1 aliphatic heterocycles. The molecule has 0 radical (unpaired) electrons. The Balaban J connectivity index is 2.46. The highest BCUT2D eigenvalue weighted by atomic mass is 19.4. The SMILES string of the molecule is CC1(c2cc(C(F)(F)F)ccc2F)OCCO1. The van der Waals surface area contributed by atoms with Crippen LogP contribution in [0.3, 0.4) is 0 Å². The zero-order valence-electron chi connectivity index (χ0n) is 8.97. The van der Waals surface area contributed by atoms with E-state index in [1.54, 1.807) is 0 Å². The molecule has 94 valence electrons. The number of hydrogen-bond donors (Lipinski definition) is 0. The molecule has 0 N–H and O–H groups in total. The summed E-state index contributed by atoms with van der Waals surface area (Å²) in [6.45, 7) is 1.86. The van der Waals surface area contributed by atoms with Crippen LogP contribution in [0.2, 0.25) is 0 Å². The molecule has 1 fully saturated rings. The molecule has 0 spiro atoms. The van der Waals surface area contributed by atoms with Crippen molar-refractivity contribution < 1.29 is 27.0 Å². The molecule has 0 aliphatic carbocycles. The van der Waals surface area contributed by atoms with Gasteiger partial charge in [-0.3, -0.25) is 0 Å². The van der Waals surface area contributed by atoms with Crippen LogP contribution in [0, 0.1) is 5.82 Å². The number of benzene rings is 1. The maximum Gasteiger partial charge on any atom is 0.416 e. The smallest absolute Gasteiger partial charge is 0.344 e. The molecule has 1 aliphatic rings. The standard InChI is InChI=1S/C11H10F4O2/c1-10(16-4-5-17-10)8-6-7(11(13,14)15)2-3-9(8)12/h2-3,6H,4-5H2,1H3. The van der Waals surface area contributed by atoms with Crippen LogP contribution < -0.4 is 0 Å². The average Bonchev–Trinajstić information content (AvgIpc) is 2.65. The van der Waals surface area contributed by atoms with E-state index < -0.39 is 23.3 Å². The summed E-state index contributed by atoms with van der Waals surface area (Å²) in [5, 5.41) is 0. The molecular weight excluding hydrogens is 240 g/mol. The minimum atomic E-state index is -4.52. The van der Waals surface area contributed by atoms with Crippen molar-refractivity contribution in [2.45, 2.75) is 18.9 Å². The Morgan fingerprint density at radius 2 is 1.76 bits per heavy atom. The van der Waals surface area contributed by atoms with Gasteiger partial charge in [-0.2, -0.15) is 13.2 Å². The van der Waals surface area contributed by atoms with Crippen molar-refractivity contribution in [2.75, 3.05) is 13.2 Å². The van der Waals surface area contributed by atoms with E-state index in [1.807, 2.05) is 0 Å². The fourth-order valence-corrected chi connectivity index (χ4v) is 1.72. The third kappa shape index (κ3) is 2.28. The maximum absolute atomic E-state index is 13.5. The molecule has 2 nitrogen and oxygen atoms in total. The minimum absolute atomic E-state index is 0.228. The van der Waals surface area contributed by atoms with Crippen molar-refractivity contribution in [1.29, 1.82) is 0 Å². The highest BCUT2D eigenvalue weighted by Crippen LogP contribution is 2.37. The largest absolute Gasteiger partial charge is 0.416 e. The summed E-state index contributed by atoms with van der Waals surface area (Å²) in [4.78, 5) is 0. The first-order valence-electron chi connectivity index (χ1n) is 4.98. The van der Waals surface area contributed by atoms with Gasteiger partial charge in [-0.1, -0.05) is 0 Å². The minimum Gasteiger partial charge on any atom is -0.344 e. The van der Waals surface area contributed by atoms with Gasteiger partial charge in [-0.15, -0.1) is 0 Å². The van der Waals surface area contributed by atoms with Crippen molar-refractivity contribution in [3.8, 4) is 0 Å². The van der Waals surface area contributed by atoms with Crippen molar-refractivity contribution in [1.82, 2.24) is 0 Å². The van der Waals surface area contributed by atoms with Crippen LogP contribution in [0.15, 0.2) is 18.2 Å². The summed E-state index contributed by atoms with van der Waals surface area (Å²) in [6, 6.07) is 2.19. The summed E-state index contributed by atoms with van der Waals surface area (Å²) in [7, 11) is 0. The molecular formula is C11H10F4O2. The zero-order valence-corrected chi connectivity index (χ0v) is 8.97. The van der Waals surface area contributed by atoms with E-state index in [2.05, 4.69) is 0 Å². The van der Waals surface area contributed by atoms with E-state index in [9.17, 15) is 17.6 Å². The van der Waals surface area contributed by atoms with Gasteiger partial charge >= 0.3 is 6.18 Å². The Hall–Kier alpha value is -1.14. The Morgan fingerprint density at radius 1 is 1.18 bits per heavy atom. The molecule has 2 rings (SSSR count). The van der Waals surface area contributed by atoms with Crippen LogP contribution in [-0.2, 0) is 21.4 Å². The molecule has 1 aromatic rings. The molecule has 0 bridgehead atoms. The van der Waals surface area contributed by atoms with E-state index in [0.29, 0.717) is 6.07 Å². The lowest BCUT2D eigenvalue weighted by molar-refractivity contribution is -0.153. The normalized spacial score (nSPS) is 19.6. The van der Waals surface area contributed by atoms with Gasteiger partial charge in [0, 0.05) is 5.56 Å². The predicted octanol–water partition coefficient (Wildman–Crippen LogP) is 3.06. The second-order valence-electron chi connectivity index (χ2n) is 3.84. The lowest BCUT2D eigenvalue weighted by Gasteiger charge is -2.24. The average molecular weight is 250 g/mol. The number of rotatable bonds is 1. The molecule has 1 heterocycles. The highest BCUT2D eigenvalue weighted by molar-refractivity contribution is 5.30. The maximum atomic E-state index is 13.5. The number of alkyl halides is 3. The van der Waals surface area contributed by atoms with Gasteiger partial charge < -0.3 is 9.47 Å². The van der Waals surface area contributed by atoms with Gasteiger partial charge in [0.25, 0.3) is 0 Å². The second kappa shape index (κ2) is 3.96. The Labute approximate surface area is 95.1 Å². The highest BCUT2D eigenvalue weighted by Gasteiger charge is 2.38. The molecule has 0 saturated carbocycles. The van der Waals surface area contributed by atoms with E-state index >= 15 is 0 Å². The van der Waals surface area contributed by atoms with E-state index in [4.69, 9.17) is 9.47 Å². The summed E-state index contributed by atoms with van der Waals surface area (Å²) in [5.74, 6) is -2.21. The van der Waals surface area contributed by atoms with Crippen LogP contribution in [0.5, 0.6) is 0 Å². The van der Waals surface area contributed by atoms with E-state index in [1.165, 1.54) is 6.92 Å². The van der Waals surface area contributed by atoms with Crippen molar-refractivity contribution in [3.63, 3.8) is 0 Å². The molecule has 1 saturated heterocycles. The van der Waals surface area contributed by atoms with Crippen LogP contribution in [0.25, 0.3) is 0 Å². The van der Waals surface area contributed by atoms with Crippen molar-refractivity contribution in [2.24, 2.45) is 0 Å². The van der Waals surface area contributed by atoms with E-state index in [0.717, 1.165) is 12.1 Å². The number of hydrogen-bond acceptors (Lipinski definition) is 2. The summed E-state index contributed by atoms with van der Waals surface area (Å²) in [6.07, 6.45) is -4.52. The molecule has 17 heavy (non-hydrogen) atoms. The van der Waals surface area contributed by atoms with Gasteiger partial charge in [0.05, 0.1) is 18.8 Å². The Morgan fingerprint density at radius 3 is 2.29 bits per heavy atom.